The quantitative estimate of drug-likeness (QED) is 0.450. The van der Waals surface area contributed by atoms with Gasteiger partial charge >= 0.3 is 0 Å². The van der Waals surface area contributed by atoms with Gasteiger partial charge in [0.05, 0.1) is 0 Å². The number of rotatable bonds is 0. The van der Waals surface area contributed by atoms with Gasteiger partial charge < -0.3 is 0 Å². The fourth-order valence-corrected chi connectivity index (χ4v) is 0.676. The van der Waals surface area contributed by atoms with Gasteiger partial charge in [-0.05, 0) is 17.2 Å². The SMILES string of the molecule is C=C.c1cc2cc-2c1. The summed E-state index contributed by atoms with van der Waals surface area (Å²) in [4.78, 5) is 0. The van der Waals surface area contributed by atoms with Crippen molar-refractivity contribution in [3.63, 3.8) is 0 Å². The van der Waals surface area contributed by atoms with Crippen LogP contribution in [-0.4, -0.2) is 0 Å². The molecule has 0 radical (unpaired) electrons. The van der Waals surface area contributed by atoms with Gasteiger partial charge in [-0.3, -0.25) is 0 Å². The minimum atomic E-state index is 1.43. The van der Waals surface area contributed by atoms with Gasteiger partial charge in [-0.1, -0.05) is 18.2 Å². The minimum absolute atomic E-state index is 1.43. The Labute approximate surface area is 49.5 Å². The molecule has 2 aliphatic rings. The van der Waals surface area contributed by atoms with E-state index in [1.54, 1.807) is 0 Å². The van der Waals surface area contributed by atoms with E-state index in [0.717, 1.165) is 0 Å². The predicted octanol–water partition coefficient (Wildman–Crippen LogP) is 2.47. The standard InChI is InChI=1S/C6H4.C2H4/c1-2-5-4-6(5)3-1;1-2/h1-4H;1-2H2. The van der Waals surface area contributed by atoms with Crippen LogP contribution in [0.15, 0.2) is 37.4 Å². The molecule has 0 unspecified atom stereocenters. The van der Waals surface area contributed by atoms with E-state index >= 15 is 0 Å². The smallest absolute Gasteiger partial charge is 0.0178 e. The van der Waals surface area contributed by atoms with Crippen molar-refractivity contribution < 1.29 is 0 Å². The zero-order chi connectivity index (χ0) is 5.98. The molecule has 40 valence electrons. The molecule has 8 heavy (non-hydrogen) atoms. The lowest BCUT2D eigenvalue weighted by Gasteiger charge is -1.48. The molecule has 0 aromatic rings. The fourth-order valence-electron chi connectivity index (χ4n) is 0.676. The van der Waals surface area contributed by atoms with E-state index in [-0.39, 0.29) is 0 Å². The Kier molecular flexibility index (Phi) is 1.17. The van der Waals surface area contributed by atoms with E-state index in [1.807, 2.05) is 0 Å². The summed E-state index contributed by atoms with van der Waals surface area (Å²) < 4.78 is 0. The van der Waals surface area contributed by atoms with Gasteiger partial charge in [0.1, 0.15) is 0 Å². The van der Waals surface area contributed by atoms with Gasteiger partial charge in [-0.15, -0.1) is 13.2 Å². The molecule has 0 nitrogen and oxygen atoms in total. The Hall–Kier alpha value is -1.04. The fraction of sp³-hybridized carbons (Fsp3) is 0. The number of fused-ring (bicyclic) bond motifs is 1. The molecule has 2 rings (SSSR count). The number of hydrogen-bond donors (Lipinski definition) is 0. The first-order valence-corrected chi connectivity index (χ1v) is 2.57. The lowest BCUT2D eigenvalue weighted by atomic mass is 10.6. The second-order valence-electron chi connectivity index (χ2n) is 1.58. The second-order valence-corrected chi connectivity index (χ2v) is 1.58. The summed E-state index contributed by atoms with van der Waals surface area (Å²) in [5.74, 6) is 0. The molecular formula is C8H8. The molecule has 0 aliphatic heterocycles. The van der Waals surface area contributed by atoms with Crippen LogP contribution in [0.3, 0.4) is 0 Å². The average Bonchev–Trinajstić information content (AvgIpc) is 2.46. The largest absolute Gasteiger partial charge is 0.106 e. The molecule has 0 N–H and O–H groups in total. The molecule has 0 bridgehead atoms. The summed E-state index contributed by atoms with van der Waals surface area (Å²) in [6.45, 7) is 6.00. The van der Waals surface area contributed by atoms with Gasteiger partial charge in [-0.25, -0.2) is 0 Å². The van der Waals surface area contributed by atoms with Crippen LogP contribution in [0.4, 0.5) is 0 Å². The number of hydrogen-bond acceptors (Lipinski definition) is 0. The molecule has 0 heterocycles. The van der Waals surface area contributed by atoms with Crippen molar-refractivity contribution in [1.82, 2.24) is 0 Å². The Morgan fingerprint density at radius 3 is 1.62 bits per heavy atom. The van der Waals surface area contributed by atoms with Crippen LogP contribution in [0.25, 0.3) is 11.1 Å². The molecule has 0 aromatic heterocycles. The molecule has 2 aliphatic carbocycles. The Balaban J connectivity index is 0.000000147. The van der Waals surface area contributed by atoms with Crippen molar-refractivity contribution in [2.24, 2.45) is 0 Å². The van der Waals surface area contributed by atoms with Crippen LogP contribution in [0.5, 0.6) is 0 Å². The zero-order valence-corrected chi connectivity index (χ0v) is 4.72. The van der Waals surface area contributed by atoms with Crippen LogP contribution in [0, 0.1) is 0 Å². The first-order valence-electron chi connectivity index (χ1n) is 2.57. The Morgan fingerprint density at radius 1 is 1.00 bits per heavy atom. The van der Waals surface area contributed by atoms with E-state index in [4.69, 9.17) is 0 Å². The van der Waals surface area contributed by atoms with Crippen molar-refractivity contribution in [3.8, 4) is 11.1 Å². The molecule has 0 saturated carbocycles. The summed E-state index contributed by atoms with van der Waals surface area (Å²) in [6.07, 6.45) is 0. The molecular weight excluding hydrogens is 96.1 g/mol. The normalized spacial score (nSPS) is 9.00. The van der Waals surface area contributed by atoms with E-state index < -0.39 is 0 Å². The molecule has 0 heteroatoms. The summed E-state index contributed by atoms with van der Waals surface area (Å²) in [7, 11) is 0. The van der Waals surface area contributed by atoms with Crippen LogP contribution in [0.2, 0.25) is 0 Å². The zero-order valence-electron chi connectivity index (χ0n) is 4.72. The van der Waals surface area contributed by atoms with Crippen LogP contribution < -0.4 is 0 Å². The lowest BCUT2D eigenvalue weighted by molar-refractivity contribution is 2.01. The summed E-state index contributed by atoms with van der Waals surface area (Å²) in [5.41, 5.74) is 2.85. The maximum Gasteiger partial charge on any atom is -0.0178 e. The van der Waals surface area contributed by atoms with Gasteiger partial charge in [-0.2, -0.15) is 0 Å². The summed E-state index contributed by atoms with van der Waals surface area (Å²) >= 11 is 0. The molecule has 0 aromatic carbocycles. The number of benzene rings is 1. The van der Waals surface area contributed by atoms with Crippen LogP contribution in [-0.2, 0) is 0 Å². The first kappa shape index (κ1) is 5.10. The Morgan fingerprint density at radius 2 is 1.50 bits per heavy atom. The van der Waals surface area contributed by atoms with Crippen molar-refractivity contribution >= 4 is 0 Å². The van der Waals surface area contributed by atoms with E-state index in [2.05, 4.69) is 37.4 Å². The lowest BCUT2D eigenvalue weighted by Crippen LogP contribution is -1.23. The highest BCUT2D eigenvalue weighted by Gasteiger charge is 2.06. The highest BCUT2D eigenvalue weighted by molar-refractivity contribution is 5.80. The highest BCUT2D eigenvalue weighted by atomic mass is 14.1. The molecule has 0 spiro atoms. The third kappa shape index (κ3) is 0.648. The van der Waals surface area contributed by atoms with E-state index in [9.17, 15) is 0 Å². The first-order chi connectivity index (χ1) is 3.97. The molecule has 0 saturated heterocycles. The van der Waals surface area contributed by atoms with Gasteiger partial charge in [0.2, 0.25) is 0 Å². The summed E-state index contributed by atoms with van der Waals surface area (Å²) in [6, 6.07) is 8.48. The van der Waals surface area contributed by atoms with Crippen molar-refractivity contribution in [2.75, 3.05) is 0 Å². The maximum atomic E-state index is 3.00. The predicted molar refractivity (Wildman–Crippen MR) is 36.7 cm³/mol. The van der Waals surface area contributed by atoms with Crippen LogP contribution in [0.1, 0.15) is 0 Å². The second kappa shape index (κ2) is 1.83. The third-order valence-electron chi connectivity index (χ3n) is 1.11. The minimum Gasteiger partial charge on any atom is -0.106 e. The Bertz CT molecular complexity index is 172. The monoisotopic (exact) mass is 104 g/mol. The molecule has 0 atom stereocenters. The van der Waals surface area contributed by atoms with E-state index in [0.29, 0.717) is 0 Å². The highest BCUT2D eigenvalue weighted by Crippen LogP contribution is 2.32. The summed E-state index contributed by atoms with van der Waals surface area (Å²) in [5, 5.41) is 0. The van der Waals surface area contributed by atoms with Gasteiger partial charge in [0.15, 0.2) is 0 Å². The van der Waals surface area contributed by atoms with Crippen molar-refractivity contribution in [3.05, 3.63) is 37.4 Å². The molecule has 0 amide bonds. The van der Waals surface area contributed by atoms with Crippen molar-refractivity contribution in [1.29, 1.82) is 0 Å². The van der Waals surface area contributed by atoms with Gasteiger partial charge in [0.25, 0.3) is 0 Å². The maximum absolute atomic E-state index is 3.00. The van der Waals surface area contributed by atoms with Crippen molar-refractivity contribution in [2.45, 2.75) is 0 Å². The topological polar surface area (TPSA) is 0 Å². The van der Waals surface area contributed by atoms with Gasteiger partial charge in [0, 0.05) is 0 Å². The van der Waals surface area contributed by atoms with Crippen LogP contribution >= 0.6 is 0 Å². The molecule has 0 fully saturated rings. The average molecular weight is 104 g/mol. The van der Waals surface area contributed by atoms with E-state index in [1.165, 1.54) is 11.1 Å². The third-order valence-corrected chi connectivity index (χ3v) is 1.11.